The number of benzene rings is 2. The molecule has 0 atom stereocenters. The van der Waals surface area contributed by atoms with Gasteiger partial charge in [0.1, 0.15) is 18.2 Å². The fourth-order valence-electron chi connectivity index (χ4n) is 2.12. The molecular weight excluding hydrogens is 332 g/mol. The molecule has 0 unspecified atom stereocenters. The van der Waals surface area contributed by atoms with Gasteiger partial charge in [0.2, 0.25) is 11.8 Å². The number of aryl methyl sites for hydroxylation is 1. The second-order valence-electron chi connectivity index (χ2n) is 5.35. The fourth-order valence-corrected chi connectivity index (χ4v) is 2.12. The normalized spacial score (nSPS) is 10.7. The summed E-state index contributed by atoms with van der Waals surface area (Å²) in [6.45, 7) is 1.20. The molecule has 0 aliphatic rings. The van der Waals surface area contributed by atoms with Gasteiger partial charge < -0.3 is 9.73 Å². The lowest BCUT2D eigenvalue weighted by Crippen LogP contribution is -2.25. The first kappa shape index (κ1) is 16.6. The first-order valence-electron chi connectivity index (χ1n) is 7.32. The number of hydrogen-bond donors (Lipinski definition) is 1. The van der Waals surface area contributed by atoms with E-state index in [1.165, 1.54) is 36.4 Å². The Labute approximate surface area is 140 Å². The van der Waals surface area contributed by atoms with Crippen LogP contribution in [-0.2, 0) is 11.3 Å². The minimum Gasteiger partial charge on any atom is -0.388 e. The quantitative estimate of drug-likeness (QED) is 0.789. The first-order valence-corrected chi connectivity index (χ1v) is 7.32. The van der Waals surface area contributed by atoms with E-state index in [1.807, 2.05) is 0 Å². The molecule has 0 radical (unpaired) electrons. The van der Waals surface area contributed by atoms with Gasteiger partial charge in [-0.25, -0.2) is 13.6 Å². The summed E-state index contributed by atoms with van der Waals surface area (Å²) in [6, 6.07) is 9.47. The van der Waals surface area contributed by atoms with Crippen molar-refractivity contribution in [1.29, 1.82) is 0 Å². The standard InChI is InChI=1S/C17H13F2N3O3/c1-10-2-7-13(8-14(10)19)20-15(23)9-22-17(24)25-16(21-22)11-3-5-12(18)6-4-11/h2-8H,9H2,1H3,(H,20,23). The monoisotopic (exact) mass is 345 g/mol. The number of nitrogens with zero attached hydrogens (tertiary/aromatic N) is 2. The summed E-state index contributed by atoms with van der Waals surface area (Å²) in [6.07, 6.45) is 0. The lowest BCUT2D eigenvalue weighted by Gasteiger charge is -2.05. The molecule has 1 heterocycles. The van der Waals surface area contributed by atoms with E-state index in [4.69, 9.17) is 4.42 Å². The van der Waals surface area contributed by atoms with E-state index in [0.717, 1.165) is 4.68 Å². The van der Waals surface area contributed by atoms with Gasteiger partial charge in [0.15, 0.2) is 0 Å². The molecule has 0 bridgehead atoms. The second-order valence-corrected chi connectivity index (χ2v) is 5.35. The maximum absolute atomic E-state index is 13.5. The van der Waals surface area contributed by atoms with E-state index in [9.17, 15) is 18.4 Å². The van der Waals surface area contributed by atoms with Crippen LogP contribution in [0.25, 0.3) is 11.5 Å². The SMILES string of the molecule is Cc1ccc(NC(=O)Cn2nc(-c3ccc(F)cc3)oc2=O)cc1F. The van der Waals surface area contributed by atoms with Crippen LogP contribution in [0.5, 0.6) is 0 Å². The summed E-state index contributed by atoms with van der Waals surface area (Å²) in [5.74, 6) is -2.31. The Balaban J connectivity index is 1.74. The number of nitrogens with one attached hydrogen (secondary N) is 1. The van der Waals surface area contributed by atoms with Crippen molar-refractivity contribution < 1.29 is 18.0 Å². The molecule has 3 aromatic rings. The van der Waals surface area contributed by atoms with Crippen LogP contribution >= 0.6 is 0 Å². The Kier molecular flexibility index (Phi) is 4.42. The number of aromatic nitrogens is 2. The summed E-state index contributed by atoms with van der Waals surface area (Å²) in [5.41, 5.74) is 1.12. The number of halogens is 2. The zero-order valence-electron chi connectivity index (χ0n) is 13.1. The third kappa shape index (κ3) is 3.79. The second kappa shape index (κ2) is 6.68. The zero-order valence-corrected chi connectivity index (χ0v) is 13.1. The smallest absolute Gasteiger partial charge is 0.388 e. The van der Waals surface area contributed by atoms with Gasteiger partial charge in [-0.05, 0) is 48.9 Å². The average molecular weight is 345 g/mol. The van der Waals surface area contributed by atoms with E-state index < -0.39 is 29.8 Å². The molecule has 1 amide bonds. The molecular formula is C17H13F2N3O3. The number of hydrogen-bond acceptors (Lipinski definition) is 4. The minimum atomic E-state index is -0.829. The lowest BCUT2D eigenvalue weighted by atomic mass is 10.2. The summed E-state index contributed by atoms with van der Waals surface area (Å²) in [7, 11) is 0. The molecule has 128 valence electrons. The van der Waals surface area contributed by atoms with Crippen molar-refractivity contribution in [1.82, 2.24) is 9.78 Å². The van der Waals surface area contributed by atoms with Gasteiger partial charge in [0, 0.05) is 11.3 Å². The first-order chi connectivity index (χ1) is 11.9. The van der Waals surface area contributed by atoms with Crippen LogP contribution in [0.4, 0.5) is 14.5 Å². The molecule has 1 aromatic heterocycles. The van der Waals surface area contributed by atoms with Crippen molar-refractivity contribution in [3.8, 4) is 11.5 Å². The van der Waals surface area contributed by atoms with Gasteiger partial charge in [-0.3, -0.25) is 4.79 Å². The number of amides is 1. The molecule has 0 aliphatic heterocycles. The summed E-state index contributed by atoms with van der Waals surface area (Å²) in [5, 5.41) is 6.38. The van der Waals surface area contributed by atoms with Gasteiger partial charge >= 0.3 is 5.76 Å². The van der Waals surface area contributed by atoms with E-state index in [1.54, 1.807) is 13.0 Å². The Hall–Kier alpha value is -3.29. The molecule has 0 saturated heterocycles. The van der Waals surface area contributed by atoms with Crippen LogP contribution in [0.1, 0.15) is 5.56 Å². The molecule has 0 fully saturated rings. The molecule has 2 aromatic carbocycles. The number of anilines is 1. The van der Waals surface area contributed by atoms with Crippen molar-refractivity contribution in [2.45, 2.75) is 13.5 Å². The van der Waals surface area contributed by atoms with Crippen LogP contribution in [0, 0.1) is 18.6 Å². The Morgan fingerprint density at radius 2 is 1.92 bits per heavy atom. The highest BCUT2D eigenvalue weighted by molar-refractivity contribution is 5.90. The third-order valence-electron chi connectivity index (χ3n) is 3.45. The van der Waals surface area contributed by atoms with Crippen molar-refractivity contribution in [3.05, 3.63) is 70.2 Å². The molecule has 0 spiro atoms. The predicted molar refractivity (Wildman–Crippen MR) is 85.9 cm³/mol. The molecule has 6 nitrogen and oxygen atoms in total. The molecule has 1 N–H and O–H groups in total. The summed E-state index contributed by atoms with van der Waals surface area (Å²) in [4.78, 5) is 23.8. The molecule has 0 aliphatic carbocycles. The fraction of sp³-hybridized carbons (Fsp3) is 0.118. The highest BCUT2D eigenvalue weighted by atomic mass is 19.1. The van der Waals surface area contributed by atoms with Gasteiger partial charge in [-0.15, -0.1) is 5.10 Å². The summed E-state index contributed by atoms with van der Waals surface area (Å²) >= 11 is 0. The molecule has 8 heteroatoms. The van der Waals surface area contributed by atoms with E-state index in [0.29, 0.717) is 11.1 Å². The maximum atomic E-state index is 13.5. The van der Waals surface area contributed by atoms with Gasteiger partial charge in [0.25, 0.3) is 0 Å². The van der Waals surface area contributed by atoms with Crippen molar-refractivity contribution in [2.75, 3.05) is 5.32 Å². The average Bonchev–Trinajstić information content (AvgIpc) is 2.92. The zero-order chi connectivity index (χ0) is 18.0. The Morgan fingerprint density at radius 1 is 1.20 bits per heavy atom. The minimum absolute atomic E-state index is 0.0285. The third-order valence-corrected chi connectivity index (χ3v) is 3.45. The van der Waals surface area contributed by atoms with Crippen molar-refractivity contribution in [2.24, 2.45) is 0 Å². The topological polar surface area (TPSA) is 77.1 Å². The van der Waals surface area contributed by atoms with Gasteiger partial charge in [0.05, 0.1) is 0 Å². The van der Waals surface area contributed by atoms with E-state index >= 15 is 0 Å². The van der Waals surface area contributed by atoms with Crippen molar-refractivity contribution >= 4 is 11.6 Å². The van der Waals surface area contributed by atoms with E-state index in [2.05, 4.69) is 10.4 Å². The van der Waals surface area contributed by atoms with Crippen molar-refractivity contribution in [3.63, 3.8) is 0 Å². The Bertz CT molecular complexity index is 978. The molecule has 3 rings (SSSR count). The Morgan fingerprint density at radius 3 is 2.60 bits per heavy atom. The molecule has 25 heavy (non-hydrogen) atoms. The number of carbonyl (C=O) groups is 1. The van der Waals surface area contributed by atoms with Crippen LogP contribution in [0.15, 0.2) is 51.7 Å². The van der Waals surface area contributed by atoms with Crippen LogP contribution in [-0.4, -0.2) is 15.7 Å². The predicted octanol–water partition coefficient (Wildman–Crippen LogP) is 2.73. The number of rotatable bonds is 4. The molecule has 0 saturated carbocycles. The van der Waals surface area contributed by atoms with Crippen LogP contribution < -0.4 is 11.1 Å². The lowest BCUT2D eigenvalue weighted by molar-refractivity contribution is -0.117. The highest BCUT2D eigenvalue weighted by Crippen LogP contribution is 2.16. The van der Waals surface area contributed by atoms with Gasteiger partial charge in [-0.2, -0.15) is 4.68 Å². The highest BCUT2D eigenvalue weighted by Gasteiger charge is 2.14. The summed E-state index contributed by atoms with van der Waals surface area (Å²) < 4.78 is 32.2. The number of carbonyl (C=O) groups excluding carboxylic acids is 1. The van der Waals surface area contributed by atoms with Crippen LogP contribution in [0.3, 0.4) is 0 Å². The van der Waals surface area contributed by atoms with Gasteiger partial charge in [-0.1, -0.05) is 6.07 Å². The van der Waals surface area contributed by atoms with E-state index in [-0.39, 0.29) is 11.6 Å². The van der Waals surface area contributed by atoms with Crippen LogP contribution in [0.2, 0.25) is 0 Å². The maximum Gasteiger partial charge on any atom is 0.437 e. The largest absolute Gasteiger partial charge is 0.437 e.